The highest BCUT2D eigenvalue weighted by Gasteiger charge is 2.32. The fraction of sp³-hybridized carbons (Fsp3) is 0.143. The van der Waals surface area contributed by atoms with Crippen LogP contribution in [-0.2, 0) is 9.53 Å². The van der Waals surface area contributed by atoms with Crippen LogP contribution >= 0.6 is 11.3 Å². The molecule has 1 unspecified atom stereocenters. The van der Waals surface area contributed by atoms with E-state index in [0.717, 1.165) is 11.1 Å². The van der Waals surface area contributed by atoms with E-state index in [1.807, 2.05) is 30.3 Å². The quantitative estimate of drug-likeness (QED) is 0.236. The van der Waals surface area contributed by atoms with Crippen molar-refractivity contribution in [1.29, 1.82) is 0 Å². The van der Waals surface area contributed by atoms with Crippen LogP contribution in [0.2, 0.25) is 0 Å². The molecule has 45 heavy (non-hydrogen) atoms. The normalized spacial score (nSPS) is 14.5. The van der Waals surface area contributed by atoms with E-state index < -0.39 is 6.04 Å². The topological polar surface area (TPSA) is 112 Å². The number of methoxy groups -OCH3 is 1. The van der Waals surface area contributed by atoms with Gasteiger partial charge < -0.3 is 19.2 Å². The summed E-state index contributed by atoms with van der Waals surface area (Å²) in [5.41, 5.74) is 3.19. The van der Waals surface area contributed by atoms with Gasteiger partial charge >= 0.3 is 5.97 Å². The molecule has 10 heteroatoms. The van der Waals surface area contributed by atoms with E-state index in [0.29, 0.717) is 55.7 Å². The fourth-order valence-corrected chi connectivity index (χ4v) is 6.16. The highest BCUT2D eigenvalue weighted by atomic mass is 32.1. The molecule has 0 saturated carbocycles. The number of thiazole rings is 1. The summed E-state index contributed by atoms with van der Waals surface area (Å²) in [5, 5.41) is 2.95. The third-order valence-corrected chi connectivity index (χ3v) is 8.29. The van der Waals surface area contributed by atoms with Crippen molar-refractivity contribution < 1.29 is 23.5 Å². The Morgan fingerprint density at radius 2 is 1.73 bits per heavy atom. The summed E-state index contributed by atoms with van der Waals surface area (Å²) < 4.78 is 18.4. The zero-order chi connectivity index (χ0) is 31.5. The highest BCUT2D eigenvalue weighted by Crippen LogP contribution is 2.32. The molecule has 1 aliphatic rings. The number of allylic oxidation sites excluding steroid dienone is 1. The van der Waals surface area contributed by atoms with E-state index in [2.05, 4.69) is 5.32 Å². The van der Waals surface area contributed by atoms with Gasteiger partial charge in [0.25, 0.3) is 11.5 Å². The number of benzene rings is 3. The van der Waals surface area contributed by atoms with E-state index >= 15 is 0 Å². The molecule has 1 amide bonds. The van der Waals surface area contributed by atoms with E-state index in [1.54, 1.807) is 92.3 Å². The number of para-hydroxylation sites is 1. The zero-order valence-corrected chi connectivity index (χ0v) is 25.6. The molecule has 0 aliphatic carbocycles. The number of esters is 1. The van der Waals surface area contributed by atoms with E-state index in [1.165, 1.54) is 11.3 Å². The van der Waals surface area contributed by atoms with Crippen molar-refractivity contribution in [1.82, 2.24) is 4.57 Å². The summed E-state index contributed by atoms with van der Waals surface area (Å²) in [7, 11) is 1.58. The molecule has 1 atom stereocenters. The van der Waals surface area contributed by atoms with Crippen molar-refractivity contribution in [3.63, 3.8) is 0 Å². The minimum atomic E-state index is -0.719. The number of carbonyl (C=O) groups is 2. The minimum Gasteiger partial charge on any atom is -0.497 e. The number of ether oxygens (including phenoxy) is 2. The molecule has 1 aliphatic heterocycles. The predicted molar refractivity (Wildman–Crippen MR) is 172 cm³/mol. The monoisotopic (exact) mass is 619 g/mol. The number of nitrogens with one attached hydrogen (secondary N) is 1. The maximum absolute atomic E-state index is 14.0. The largest absolute Gasteiger partial charge is 0.497 e. The van der Waals surface area contributed by atoms with Gasteiger partial charge in [-0.1, -0.05) is 53.8 Å². The second-order valence-electron chi connectivity index (χ2n) is 10.2. The highest BCUT2D eigenvalue weighted by molar-refractivity contribution is 7.07. The molecule has 0 fully saturated rings. The van der Waals surface area contributed by atoms with E-state index in [-0.39, 0.29) is 17.4 Å². The summed E-state index contributed by atoms with van der Waals surface area (Å²) in [5.74, 6) is 0.983. The van der Waals surface area contributed by atoms with Crippen molar-refractivity contribution in [2.45, 2.75) is 19.9 Å². The number of anilines is 1. The van der Waals surface area contributed by atoms with Crippen molar-refractivity contribution >= 4 is 35.0 Å². The van der Waals surface area contributed by atoms with Crippen LogP contribution in [0.3, 0.4) is 0 Å². The van der Waals surface area contributed by atoms with Gasteiger partial charge in [-0.3, -0.25) is 14.2 Å². The molecule has 1 N–H and O–H groups in total. The molecule has 3 heterocycles. The van der Waals surface area contributed by atoms with Crippen molar-refractivity contribution in [3.05, 3.63) is 139 Å². The zero-order valence-electron chi connectivity index (χ0n) is 24.8. The average molecular weight is 620 g/mol. The number of hydrogen-bond acceptors (Lipinski definition) is 8. The van der Waals surface area contributed by atoms with Crippen LogP contribution in [0.5, 0.6) is 5.75 Å². The molecule has 0 radical (unpaired) electrons. The van der Waals surface area contributed by atoms with Gasteiger partial charge in [0, 0.05) is 17.3 Å². The second kappa shape index (κ2) is 12.6. The van der Waals surface area contributed by atoms with Gasteiger partial charge in [-0.15, -0.1) is 0 Å². The van der Waals surface area contributed by atoms with E-state index in [9.17, 15) is 14.4 Å². The molecule has 6 rings (SSSR count). The molecule has 5 aromatic rings. The summed E-state index contributed by atoms with van der Waals surface area (Å²) in [4.78, 5) is 44.9. The number of furan rings is 1. The van der Waals surface area contributed by atoms with Gasteiger partial charge in [-0.2, -0.15) is 0 Å². The first-order valence-corrected chi connectivity index (χ1v) is 15.1. The summed E-state index contributed by atoms with van der Waals surface area (Å²) in [6.07, 6.45) is 1.68. The minimum absolute atomic E-state index is 0.297. The van der Waals surface area contributed by atoms with Crippen LogP contribution in [0.4, 0.5) is 5.69 Å². The lowest BCUT2D eigenvalue weighted by molar-refractivity contribution is -0.113. The Kier molecular flexibility index (Phi) is 8.30. The Labute approximate surface area is 262 Å². The van der Waals surface area contributed by atoms with Gasteiger partial charge in [0.1, 0.15) is 17.3 Å². The average Bonchev–Trinajstić information content (AvgIpc) is 3.65. The lowest BCUT2D eigenvalue weighted by atomic mass is 9.95. The van der Waals surface area contributed by atoms with Gasteiger partial charge in [0.05, 0.1) is 41.1 Å². The third kappa shape index (κ3) is 6.00. The van der Waals surface area contributed by atoms with Crippen LogP contribution in [0.1, 0.15) is 41.6 Å². The Morgan fingerprint density at radius 3 is 2.42 bits per heavy atom. The number of carbonyl (C=O) groups excluding carboxylic acids is 2. The Morgan fingerprint density at radius 1 is 1.00 bits per heavy atom. The maximum atomic E-state index is 14.0. The SMILES string of the molecule is CCOC(=O)c1ccc(-c2ccc(/C=c3/sc4n(c3=O)C(c3ccc(OC)cc3)C(C(=O)Nc3ccccc3)=C(C)N=4)o2)cc1. The fourth-order valence-electron chi connectivity index (χ4n) is 5.13. The van der Waals surface area contributed by atoms with Crippen molar-refractivity contribution in [2.75, 3.05) is 19.0 Å². The summed E-state index contributed by atoms with van der Waals surface area (Å²) in [6.45, 7) is 3.84. The van der Waals surface area contributed by atoms with Crippen LogP contribution in [-0.4, -0.2) is 30.2 Å². The third-order valence-electron chi connectivity index (χ3n) is 7.31. The Balaban J connectivity index is 1.38. The number of aromatic nitrogens is 1. The Bertz CT molecular complexity index is 2090. The van der Waals surface area contributed by atoms with Crippen LogP contribution in [0.15, 0.2) is 116 Å². The van der Waals surface area contributed by atoms with Crippen molar-refractivity contribution in [2.24, 2.45) is 4.99 Å². The molecule has 3 aromatic carbocycles. The van der Waals surface area contributed by atoms with E-state index in [4.69, 9.17) is 18.9 Å². The smallest absolute Gasteiger partial charge is 0.338 e. The van der Waals surface area contributed by atoms with Crippen molar-refractivity contribution in [3.8, 4) is 17.1 Å². The van der Waals surface area contributed by atoms with Gasteiger partial charge in [-0.25, -0.2) is 9.79 Å². The molecule has 0 bridgehead atoms. The summed E-state index contributed by atoms with van der Waals surface area (Å²) in [6, 6.07) is 26.2. The van der Waals surface area contributed by atoms with Gasteiger partial charge in [0.15, 0.2) is 4.80 Å². The molecule has 9 nitrogen and oxygen atoms in total. The number of hydrogen-bond donors (Lipinski definition) is 1. The molecule has 0 spiro atoms. The van der Waals surface area contributed by atoms with Gasteiger partial charge in [-0.05, 0) is 67.9 Å². The lowest BCUT2D eigenvalue weighted by Crippen LogP contribution is -2.40. The first kappa shape index (κ1) is 29.6. The maximum Gasteiger partial charge on any atom is 0.338 e. The van der Waals surface area contributed by atoms with Gasteiger partial charge in [0.2, 0.25) is 0 Å². The first-order chi connectivity index (χ1) is 21.9. The Hall–Kier alpha value is -5.48. The number of nitrogens with zero attached hydrogens (tertiary/aromatic N) is 2. The number of rotatable bonds is 8. The number of fused-ring (bicyclic) bond motifs is 1. The van der Waals surface area contributed by atoms with Crippen LogP contribution in [0, 0.1) is 0 Å². The second-order valence-corrected chi connectivity index (χ2v) is 11.2. The van der Waals surface area contributed by atoms with Crippen LogP contribution < -0.4 is 24.9 Å². The number of amides is 1. The first-order valence-electron chi connectivity index (χ1n) is 14.3. The van der Waals surface area contributed by atoms with Crippen LogP contribution in [0.25, 0.3) is 17.4 Å². The molecule has 226 valence electrons. The lowest BCUT2D eigenvalue weighted by Gasteiger charge is -2.25. The summed E-state index contributed by atoms with van der Waals surface area (Å²) >= 11 is 1.23. The predicted octanol–water partition coefficient (Wildman–Crippen LogP) is 5.32. The molecule has 0 saturated heterocycles. The standard InChI is InChI=1S/C35H29N3O6S/c1-4-43-34(41)24-12-10-22(11-13-24)28-19-18-27(44-28)20-29-33(40)38-31(23-14-16-26(42-3)17-15-23)30(21(2)36-35(38)45-29)32(39)37-25-8-6-5-7-9-25/h5-20,31H,4H2,1-3H3,(H,37,39)/b29-20+. The molecular weight excluding hydrogens is 590 g/mol. The molecule has 2 aromatic heterocycles. The molecular formula is C35H29N3O6S.